The molecule has 0 amide bonds. The van der Waals surface area contributed by atoms with Crippen LogP contribution in [0.5, 0.6) is 5.75 Å². The average molecular weight is 331 g/mol. The van der Waals surface area contributed by atoms with Crippen molar-refractivity contribution >= 4 is 5.78 Å². The van der Waals surface area contributed by atoms with Crippen LogP contribution in [0.3, 0.4) is 0 Å². The summed E-state index contributed by atoms with van der Waals surface area (Å²) >= 11 is 0. The number of hydrogen-bond donors (Lipinski definition) is 1. The molecule has 0 unspecified atom stereocenters. The number of aromatic nitrogens is 1. The van der Waals surface area contributed by atoms with Crippen LogP contribution in [-0.4, -0.2) is 10.8 Å². The van der Waals surface area contributed by atoms with Crippen molar-refractivity contribution in [2.45, 2.75) is 32.8 Å². The molecular weight excluding hydrogens is 310 g/mol. The topological polar surface area (TPSA) is 42.1 Å². The van der Waals surface area contributed by atoms with Gasteiger partial charge in [0.25, 0.3) is 0 Å². The van der Waals surface area contributed by atoms with Crippen LogP contribution in [0.2, 0.25) is 0 Å². The van der Waals surface area contributed by atoms with Crippen molar-refractivity contribution in [3.63, 3.8) is 0 Å². The molecule has 0 spiro atoms. The molecular formula is C22H21NO2. The Morgan fingerprint density at radius 1 is 1.00 bits per heavy atom. The highest BCUT2D eigenvalue weighted by Crippen LogP contribution is 2.37. The second-order valence-electron chi connectivity index (χ2n) is 6.53. The first-order chi connectivity index (χ1) is 12.2. The monoisotopic (exact) mass is 331 g/mol. The molecule has 1 N–H and O–H groups in total. The van der Waals surface area contributed by atoms with Crippen molar-refractivity contribution in [2.75, 3.05) is 0 Å². The first-order valence-corrected chi connectivity index (χ1v) is 8.75. The summed E-state index contributed by atoms with van der Waals surface area (Å²) in [6.07, 6.45) is 2.51. The van der Waals surface area contributed by atoms with Crippen molar-refractivity contribution in [1.29, 1.82) is 0 Å². The van der Waals surface area contributed by atoms with E-state index in [2.05, 4.69) is 23.2 Å². The Labute approximate surface area is 147 Å². The summed E-state index contributed by atoms with van der Waals surface area (Å²) in [6, 6.07) is 18.2. The van der Waals surface area contributed by atoms with Gasteiger partial charge in [-0.1, -0.05) is 42.5 Å². The Morgan fingerprint density at radius 3 is 2.60 bits per heavy atom. The summed E-state index contributed by atoms with van der Waals surface area (Å²) in [6.45, 7) is 2.51. The molecule has 0 saturated heterocycles. The predicted octanol–water partition coefficient (Wildman–Crippen LogP) is 5.09. The van der Waals surface area contributed by atoms with E-state index in [1.165, 1.54) is 0 Å². The number of ether oxygens (including phenoxy) is 1. The van der Waals surface area contributed by atoms with Gasteiger partial charge in [0.05, 0.1) is 5.69 Å². The van der Waals surface area contributed by atoms with Crippen molar-refractivity contribution in [3.8, 4) is 17.0 Å². The molecule has 0 fully saturated rings. The number of H-pyrrole nitrogens is 1. The number of carbonyl (C=O) groups is 1. The Bertz CT molecular complexity index is 909. The third-order valence-corrected chi connectivity index (χ3v) is 4.79. The zero-order valence-electron chi connectivity index (χ0n) is 14.3. The number of Topliss-reactive ketones (excluding diaryl/α,β-unsaturated/α-hetero) is 1. The lowest BCUT2D eigenvalue weighted by atomic mass is 9.89. The number of aryl methyl sites for hydroxylation is 1. The zero-order valence-corrected chi connectivity index (χ0v) is 14.3. The van der Waals surface area contributed by atoms with Crippen LogP contribution in [0, 0.1) is 6.92 Å². The average Bonchev–Trinajstić information content (AvgIpc) is 2.99. The van der Waals surface area contributed by atoms with Crippen LogP contribution in [0.15, 0.2) is 54.6 Å². The van der Waals surface area contributed by atoms with Gasteiger partial charge in [0.15, 0.2) is 5.78 Å². The lowest BCUT2D eigenvalue weighted by Gasteiger charge is -2.15. The van der Waals surface area contributed by atoms with Gasteiger partial charge in [0, 0.05) is 23.2 Å². The highest BCUT2D eigenvalue weighted by molar-refractivity contribution is 6.01. The van der Waals surface area contributed by atoms with Crippen LogP contribution in [0.4, 0.5) is 0 Å². The first-order valence-electron chi connectivity index (χ1n) is 8.75. The van der Waals surface area contributed by atoms with Crippen LogP contribution in [0.25, 0.3) is 11.3 Å². The molecule has 4 rings (SSSR count). The molecule has 1 aliphatic carbocycles. The van der Waals surface area contributed by atoms with Gasteiger partial charge in [0.2, 0.25) is 0 Å². The third kappa shape index (κ3) is 2.98. The summed E-state index contributed by atoms with van der Waals surface area (Å²) in [7, 11) is 0. The van der Waals surface area contributed by atoms with E-state index in [1.807, 2.05) is 43.3 Å². The quantitative estimate of drug-likeness (QED) is 0.723. The summed E-state index contributed by atoms with van der Waals surface area (Å²) in [5.74, 6) is 1.09. The number of ketones is 1. The van der Waals surface area contributed by atoms with Crippen molar-refractivity contribution in [1.82, 2.24) is 4.98 Å². The van der Waals surface area contributed by atoms with Gasteiger partial charge < -0.3 is 9.72 Å². The lowest BCUT2D eigenvalue weighted by Crippen LogP contribution is -2.10. The van der Waals surface area contributed by atoms with E-state index in [0.717, 1.165) is 52.2 Å². The maximum Gasteiger partial charge on any atom is 0.164 e. The van der Waals surface area contributed by atoms with E-state index in [0.29, 0.717) is 13.0 Å². The lowest BCUT2D eigenvalue weighted by molar-refractivity contribution is 0.0972. The summed E-state index contributed by atoms with van der Waals surface area (Å²) in [5.41, 5.74) is 6.19. The molecule has 3 heteroatoms. The number of fused-ring (bicyclic) bond motifs is 1. The number of carbonyl (C=O) groups excluding carboxylic acids is 1. The number of aromatic amines is 1. The van der Waals surface area contributed by atoms with Crippen LogP contribution in [-0.2, 0) is 13.0 Å². The maximum absolute atomic E-state index is 12.3. The van der Waals surface area contributed by atoms with E-state index in [-0.39, 0.29) is 5.78 Å². The highest BCUT2D eigenvalue weighted by Gasteiger charge is 2.26. The van der Waals surface area contributed by atoms with E-state index in [1.54, 1.807) is 0 Å². The minimum Gasteiger partial charge on any atom is -0.488 e. The molecule has 0 bridgehead atoms. The van der Waals surface area contributed by atoms with Crippen LogP contribution < -0.4 is 4.74 Å². The largest absolute Gasteiger partial charge is 0.488 e. The fourth-order valence-corrected chi connectivity index (χ4v) is 3.62. The number of para-hydroxylation sites is 1. The van der Waals surface area contributed by atoms with Crippen LogP contribution >= 0.6 is 0 Å². The van der Waals surface area contributed by atoms with Gasteiger partial charge in [-0.2, -0.15) is 0 Å². The van der Waals surface area contributed by atoms with Crippen molar-refractivity contribution in [2.24, 2.45) is 0 Å². The minimum atomic E-state index is 0.254. The molecule has 0 saturated carbocycles. The van der Waals surface area contributed by atoms with Gasteiger partial charge in [0.1, 0.15) is 12.4 Å². The van der Waals surface area contributed by atoms with Gasteiger partial charge in [-0.05, 0) is 43.0 Å². The number of rotatable bonds is 4. The maximum atomic E-state index is 12.3. The van der Waals surface area contributed by atoms with Gasteiger partial charge in [-0.3, -0.25) is 4.79 Å². The Hall–Kier alpha value is -2.81. The number of hydrogen-bond acceptors (Lipinski definition) is 2. The van der Waals surface area contributed by atoms with Gasteiger partial charge in [-0.25, -0.2) is 0 Å². The molecule has 0 aliphatic heterocycles. The fraction of sp³-hybridized carbons (Fsp3) is 0.227. The molecule has 1 heterocycles. The van der Waals surface area contributed by atoms with E-state index < -0.39 is 0 Å². The molecule has 3 aromatic rings. The normalized spacial score (nSPS) is 13.6. The number of benzene rings is 2. The molecule has 0 radical (unpaired) electrons. The molecule has 25 heavy (non-hydrogen) atoms. The minimum absolute atomic E-state index is 0.254. The van der Waals surface area contributed by atoms with Gasteiger partial charge >= 0.3 is 0 Å². The second-order valence-corrected chi connectivity index (χ2v) is 6.53. The predicted molar refractivity (Wildman–Crippen MR) is 99.0 cm³/mol. The summed E-state index contributed by atoms with van der Waals surface area (Å²) in [4.78, 5) is 15.7. The second kappa shape index (κ2) is 6.60. The first kappa shape index (κ1) is 15.7. The SMILES string of the molecule is Cc1[nH]c(-c2ccccc2OCc2ccccc2)c2c1C(=O)CCC2. The van der Waals surface area contributed by atoms with Gasteiger partial charge in [-0.15, -0.1) is 0 Å². The molecule has 0 atom stereocenters. The molecule has 1 aliphatic rings. The Morgan fingerprint density at radius 2 is 1.76 bits per heavy atom. The van der Waals surface area contributed by atoms with Crippen LogP contribution in [0.1, 0.15) is 40.0 Å². The summed E-state index contributed by atoms with van der Waals surface area (Å²) < 4.78 is 6.10. The fourth-order valence-electron chi connectivity index (χ4n) is 3.62. The van der Waals surface area contributed by atoms with Crippen molar-refractivity contribution in [3.05, 3.63) is 77.0 Å². The van der Waals surface area contributed by atoms with E-state index in [9.17, 15) is 4.79 Å². The zero-order chi connectivity index (χ0) is 17.2. The van der Waals surface area contributed by atoms with E-state index >= 15 is 0 Å². The molecule has 126 valence electrons. The molecule has 2 aromatic carbocycles. The van der Waals surface area contributed by atoms with Crippen molar-refractivity contribution < 1.29 is 9.53 Å². The number of nitrogens with one attached hydrogen (secondary N) is 1. The Balaban J connectivity index is 1.70. The standard InChI is InChI=1S/C22H21NO2/c1-15-21-18(11-7-12-19(21)24)22(23-15)17-10-5-6-13-20(17)25-14-16-8-3-2-4-9-16/h2-6,8-10,13,23H,7,11-12,14H2,1H3. The summed E-state index contributed by atoms with van der Waals surface area (Å²) in [5, 5.41) is 0. The van der Waals surface area contributed by atoms with E-state index in [4.69, 9.17) is 4.74 Å². The molecule has 1 aromatic heterocycles. The highest BCUT2D eigenvalue weighted by atomic mass is 16.5. The smallest absolute Gasteiger partial charge is 0.164 e. The molecule has 3 nitrogen and oxygen atoms in total. The third-order valence-electron chi connectivity index (χ3n) is 4.79. The Kier molecular flexibility index (Phi) is 4.14.